The zero-order chi connectivity index (χ0) is 15.1. The molecule has 0 amide bonds. The third kappa shape index (κ3) is 14.3. The molecule has 0 aromatic carbocycles. The van der Waals surface area contributed by atoms with E-state index in [4.69, 9.17) is 0 Å². The van der Waals surface area contributed by atoms with Crippen molar-refractivity contribution in [3.8, 4) is 0 Å². The van der Waals surface area contributed by atoms with Crippen molar-refractivity contribution < 1.29 is 10.2 Å². The van der Waals surface area contributed by atoms with Gasteiger partial charge in [-0.1, -0.05) is 84.5 Å². The van der Waals surface area contributed by atoms with Gasteiger partial charge < -0.3 is 10.2 Å². The van der Waals surface area contributed by atoms with E-state index in [9.17, 15) is 10.2 Å². The lowest BCUT2D eigenvalue weighted by Crippen LogP contribution is -2.27. The highest BCUT2D eigenvalue weighted by atomic mass is 16.5. The molecule has 0 saturated heterocycles. The summed E-state index contributed by atoms with van der Waals surface area (Å²) in [6, 6.07) is 0. The van der Waals surface area contributed by atoms with Gasteiger partial charge in [-0.15, -0.1) is 0 Å². The Morgan fingerprint density at radius 1 is 0.500 bits per heavy atom. The van der Waals surface area contributed by atoms with E-state index in [1.165, 1.54) is 51.4 Å². The fourth-order valence-corrected chi connectivity index (χ4v) is 2.68. The van der Waals surface area contributed by atoms with Crippen LogP contribution in [-0.4, -0.2) is 16.0 Å². The van der Waals surface area contributed by atoms with Crippen molar-refractivity contribution in [2.75, 3.05) is 0 Å². The molecule has 0 aliphatic rings. The monoisotopic (exact) mass is 286 g/mol. The molecule has 0 aliphatic heterocycles. The fraction of sp³-hybridized carbons (Fsp3) is 1.00. The minimum absolute atomic E-state index is 0.540. The Hall–Kier alpha value is -0.0800. The van der Waals surface area contributed by atoms with E-state index >= 15 is 0 Å². The van der Waals surface area contributed by atoms with Crippen LogP contribution in [0, 0.1) is 0 Å². The van der Waals surface area contributed by atoms with Crippen molar-refractivity contribution in [3.05, 3.63) is 0 Å². The fourth-order valence-electron chi connectivity index (χ4n) is 2.68. The minimum atomic E-state index is -1.41. The van der Waals surface area contributed by atoms with Crippen molar-refractivity contribution in [1.29, 1.82) is 0 Å². The summed E-state index contributed by atoms with van der Waals surface area (Å²) in [7, 11) is 0. The summed E-state index contributed by atoms with van der Waals surface area (Å²) >= 11 is 0. The summed E-state index contributed by atoms with van der Waals surface area (Å²) in [5.41, 5.74) is 0. The van der Waals surface area contributed by atoms with Gasteiger partial charge in [0.15, 0.2) is 5.79 Å². The third-order valence-electron chi connectivity index (χ3n) is 4.11. The number of hydrogen-bond donors (Lipinski definition) is 2. The Balaban J connectivity index is 3.25. The van der Waals surface area contributed by atoms with Crippen LogP contribution in [0.1, 0.15) is 110 Å². The van der Waals surface area contributed by atoms with E-state index in [-0.39, 0.29) is 0 Å². The van der Waals surface area contributed by atoms with Gasteiger partial charge in [0.2, 0.25) is 0 Å². The first kappa shape index (κ1) is 19.9. The van der Waals surface area contributed by atoms with E-state index in [1.807, 2.05) is 0 Å². The maximum absolute atomic E-state index is 9.82. The molecule has 0 saturated carbocycles. The van der Waals surface area contributed by atoms with Gasteiger partial charge in [0.1, 0.15) is 0 Å². The molecule has 20 heavy (non-hydrogen) atoms. The molecule has 0 heterocycles. The first-order chi connectivity index (χ1) is 9.62. The molecule has 0 atom stereocenters. The highest BCUT2D eigenvalue weighted by molar-refractivity contribution is 4.64. The van der Waals surface area contributed by atoms with Crippen LogP contribution in [0.25, 0.3) is 0 Å². The van der Waals surface area contributed by atoms with Crippen LogP contribution < -0.4 is 0 Å². The Bertz CT molecular complexity index is 190. The molecule has 2 heteroatoms. The first-order valence-corrected chi connectivity index (χ1v) is 9.07. The molecule has 122 valence electrons. The molecule has 0 fully saturated rings. The lowest BCUT2D eigenvalue weighted by Gasteiger charge is -2.21. The van der Waals surface area contributed by atoms with Crippen LogP contribution in [0.15, 0.2) is 0 Å². The van der Waals surface area contributed by atoms with E-state index in [1.54, 1.807) is 0 Å². The zero-order valence-electron chi connectivity index (χ0n) is 14.0. The van der Waals surface area contributed by atoms with Crippen LogP contribution in [0.5, 0.6) is 0 Å². The zero-order valence-corrected chi connectivity index (χ0v) is 14.0. The Morgan fingerprint density at radius 2 is 0.800 bits per heavy atom. The summed E-state index contributed by atoms with van der Waals surface area (Å²) in [4.78, 5) is 0. The molecule has 0 rings (SSSR count). The SMILES string of the molecule is CCCCCCCCCCCCC(O)(O)CCCCC. The summed E-state index contributed by atoms with van der Waals surface area (Å²) < 4.78 is 0. The van der Waals surface area contributed by atoms with Crippen LogP contribution in [0.2, 0.25) is 0 Å². The lowest BCUT2D eigenvalue weighted by atomic mass is 10.00. The maximum Gasteiger partial charge on any atom is 0.162 e. The molecule has 0 aromatic heterocycles. The number of unbranched alkanes of at least 4 members (excludes halogenated alkanes) is 11. The van der Waals surface area contributed by atoms with Gasteiger partial charge in [-0.3, -0.25) is 0 Å². The third-order valence-corrected chi connectivity index (χ3v) is 4.11. The van der Waals surface area contributed by atoms with Gasteiger partial charge in [0.25, 0.3) is 0 Å². The molecular formula is C18H38O2. The van der Waals surface area contributed by atoms with Crippen LogP contribution in [0.4, 0.5) is 0 Å². The van der Waals surface area contributed by atoms with E-state index in [2.05, 4.69) is 13.8 Å². The highest BCUT2D eigenvalue weighted by Crippen LogP contribution is 2.20. The Morgan fingerprint density at radius 3 is 1.25 bits per heavy atom. The number of rotatable bonds is 15. The highest BCUT2D eigenvalue weighted by Gasteiger charge is 2.20. The smallest absolute Gasteiger partial charge is 0.162 e. The second-order valence-electron chi connectivity index (χ2n) is 6.37. The Labute approximate surface area is 127 Å². The molecule has 0 spiro atoms. The van der Waals surface area contributed by atoms with Gasteiger partial charge in [-0.2, -0.15) is 0 Å². The normalized spacial score (nSPS) is 12.0. The summed E-state index contributed by atoms with van der Waals surface area (Å²) in [6.07, 6.45) is 17.1. The van der Waals surface area contributed by atoms with Gasteiger partial charge in [-0.05, 0) is 12.8 Å². The van der Waals surface area contributed by atoms with Crippen molar-refractivity contribution in [2.24, 2.45) is 0 Å². The van der Waals surface area contributed by atoms with Crippen molar-refractivity contribution in [1.82, 2.24) is 0 Å². The van der Waals surface area contributed by atoms with Gasteiger partial charge in [0, 0.05) is 12.8 Å². The molecular weight excluding hydrogens is 248 g/mol. The Kier molecular flexibility index (Phi) is 13.8. The van der Waals surface area contributed by atoms with Crippen molar-refractivity contribution >= 4 is 0 Å². The maximum atomic E-state index is 9.82. The van der Waals surface area contributed by atoms with Gasteiger partial charge in [0.05, 0.1) is 0 Å². The average Bonchev–Trinajstić information content (AvgIpc) is 2.41. The number of hydrogen-bond acceptors (Lipinski definition) is 2. The largest absolute Gasteiger partial charge is 0.366 e. The molecule has 0 bridgehead atoms. The van der Waals surface area contributed by atoms with Crippen LogP contribution in [0.3, 0.4) is 0 Å². The van der Waals surface area contributed by atoms with E-state index in [0.29, 0.717) is 12.8 Å². The molecule has 0 unspecified atom stereocenters. The second-order valence-corrected chi connectivity index (χ2v) is 6.37. The van der Waals surface area contributed by atoms with Crippen molar-refractivity contribution in [2.45, 2.75) is 116 Å². The van der Waals surface area contributed by atoms with Crippen LogP contribution in [-0.2, 0) is 0 Å². The second kappa shape index (κ2) is 13.9. The van der Waals surface area contributed by atoms with Gasteiger partial charge in [-0.25, -0.2) is 0 Å². The standard InChI is InChI=1S/C18H38O2/c1-3-5-7-8-9-10-11-12-13-15-17-18(19,20)16-14-6-4-2/h19-20H,3-17H2,1-2H3. The quantitative estimate of drug-likeness (QED) is 0.306. The summed E-state index contributed by atoms with van der Waals surface area (Å²) in [5.74, 6) is -1.41. The van der Waals surface area contributed by atoms with E-state index in [0.717, 1.165) is 32.1 Å². The summed E-state index contributed by atoms with van der Waals surface area (Å²) in [6.45, 7) is 4.39. The van der Waals surface area contributed by atoms with Crippen molar-refractivity contribution in [3.63, 3.8) is 0 Å². The predicted molar refractivity (Wildman–Crippen MR) is 87.8 cm³/mol. The molecule has 0 radical (unpaired) electrons. The minimum Gasteiger partial charge on any atom is -0.366 e. The molecule has 0 aliphatic carbocycles. The average molecular weight is 286 g/mol. The topological polar surface area (TPSA) is 40.5 Å². The lowest BCUT2D eigenvalue weighted by molar-refractivity contribution is -0.172. The van der Waals surface area contributed by atoms with E-state index < -0.39 is 5.79 Å². The number of aliphatic hydroxyl groups is 2. The van der Waals surface area contributed by atoms with Gasteiger partial charge >= 0.3 is 0 Å². The van der Waals surface area contributed by atoms with Crippen LogP contribution >= 0.6 is 0 Å². The molecule has 2 N–H and O–H groups in total. The molecule has 0 aromatic rings. The summed E-state index contributed by atoms with van der Waals surface area (Å²) in [5, 5.41) is 19.6. The molecule has 2 nitrogen and oxygen atoms in total. The first-order valence-electron chi connectivity index (χ1n) is 9.07. The predicted octanol–water partition coefficient (Wildman–Crippen LogP) is 5.56.